The number of rotatable bonds is 7. The van der Waals surface area contributed by atoms with E-state index in [1.807, 2.05) is 45.0 Å². The number of carbonyl (C=O) groups excluding carboxylic acids is 2. The fourth-order valence-corrected chi connectivity index (χ4v) is 2.46. The van der Waals surface area contributed by atoms with Crippen LogP contribution in [0.3, 0.4) is 0 Å². The molecule has 1 rings (SSSR count). The molecule has 0 aliphatic carbocycles. The van der Waals surface area contributed by atoms with Gasteiger partial charge in [0.1, 0.15) is 11.4 Å². The van der Waals surface area contributed by atoms with Gasteiger partial charge in [0.2, 0.25) is 0 Å². The van der Waals surface area contributed by atoms with E-state index < -0.39 is 23.8 Å². The van der Waals surface area contributed by atoms with Gasteiger partial charge in [-0.05, 0) is 51.2 Å². The lowest BCUT2D eigenvalue weighted by Crippen LogP contribution is -2.35. The molecule has 0 fully saturated rings. The van der Waals surface area contributed by atoms with Gasteiger partial charge in [0.15, 0.2) is 6.10 Å². The van der Waals surface area contributed by atoms with Crippen LogP contribution in [-0.2, 0) is 19.7 Å². The van der Waals surface area contributed by atoms with Gasteiger partial charge in [-0.25, -0.2) is 9.59 Å². The molecule has 0 aromatic heterocycles. The van der Waals surface area contributed by atoms with Gasteiger partial charge in [0.05, 0.1) is 7.11 Å². The van der Waals surface area contributed by atoms with E-state index in [2.05, 4.69) is 19.2 Å². The zero-order chi connectivity index (χ0) is 20.0. The highest BCUT2D eigenvalue weighted by Crippen LogP contribution is 2.34. The monoisotopic (exact) mass is 365 g/mol. The molecule has 0 saturated heterocycles. The minimum Gasteiger partial charge on any atom is -0.479 e. The normalized spacial score (nSPS) is 12.9. The molecule has 1 N–H and O–H groups in total. The zero-order valence-electron chi connectivity index (χ0n) is 16.8. The van der Waals surface area contributed by atoms with Crippen LogP contribution in [0.5, 0.6) is 5.75 Å². The van der Waals surface area contributed by atoms with E-state index in [4.69, 9.17) is 14.2 Å². The molecule has 1 aromatic rings. The lowest BCUT2D eigenvalue weighted by atomic mass is 9.81. The van der Waals surface area contributed by atoms with Crippen molar-refractivity contribution in [2.75, 3.05) is 13.7 Å². The van der Waals surface area contributed by atoms with Crippen molar-refractivity contribution in [2.24, 2.45) is 0 Å². The smallest absolute Gasteiger partial charge is 0.407 e. The van der Waals surface area contributed by atoms with Crippen molar-refractivity contribution < 1.29 is 23.8 Å². The molecule has 0 saturated carbocycles. The molecule has 0 heterocycles. The van der Waals surface area contributed by atoms with Gasteiger partial charge in [-0.3, -0.25) is 0 Å². The summed E-state index contributed by atoms with van der Waals surface area (Å²) < 4.78 is 15.8. The molecule has 26 heavy (non-hydrogen) atoms. The first-order valence-electron chi connectivity index (χ1n) is 8.77. The Morgan fingerprint density at radius 2 is 1.73 bits per heavy atom. The lowest BCUT2D eigenvalue weighted by Gasteiger charge is -2.28. The Hall–Kier alpha value is -2.24. The number of para-hydroxylation sites is 1. The van der Waals surface area contributed by atoms with Gasteiger partial charge < -0.3 is 19.5 Å². The van der Waals surface area contributed by atoms with Crippen LogP contribution < -0.4 is 10.1 Å². The maximum atomic E-state index is 11.8. The van der Waals surface area contributed by atoms with Gasteiger partial charge in [-0.2, -0.15) is 0 Å². The number of alkyl carbamates (subject to hydrolysis) is 1. The van der Waals surface area contributed by atoms with Crippen LogP contribution >= 0.6 is 0 Å². The topological polar surface area (TPSA) is 73.9 Å². The Bertz CT molecular complexity index is 619. The van der Waals surface area contributed by atoms with Crippen molar-refractivity contribution in [3.05, 3.63) is 29.8 Å². The maximum Gasteiger partial charge on any atom is 0.407 e. The molecule has 0 aliphatic rings. The quantitative estimate of drug-likeness (QED) is 0.744. The number of esters is 1. The summed E-state index contributed by atoms with van der Waals surface area (Å²) in [6.07, 6.45) is -0.451. The summed E-state index contributed by atoms with van der Waals surface area (Å²) >= 11 is 0. The molecule has 6 heteroatoms. The summed E-state index contributed by atoms with van der Waals surface area (Å²) in [5, 5.41) is 2.78. The standard InChI is InChI=1S/C20H31NO5/c1-14(17(22)24-7)25-16-11-9-8-10-15(16)20(5,6)12-13-21-18(23)26-19(2,3)4/h8-11,14H,12-13H2,1-7H3,(H,21,23)/t14-/m1/s1. The number of ether oxygens (including phenoxy) is 3. The van der Waals surface area contributed by atoms with Crippen LogP contribution in [0.15, 0.2) is 24.3 Å². The SMILES string of the molecule is COC(=O)[C@@H](C)Oc1ccccc1C(C)(C)CCNC(=O)OC(C)(C)C. The molecule has 0 radical (unpaired) electrons. The van der Waals surface area contributed by atoms with Gasteiger partial charge in [-0.15, -0.1) is 0 Å². The third kappa shape index (κ3) is 6.94. The molecule has 1 aromatic carbocycles. The van der Waals surface area contributed by atoms with Gasteiger partial charge >= 0.3 is 12.1 Å². The first-order chi connectivity index (χ1) is 12.0. The van der Waals surface area contributed by atoms with Crippen molar-refractivity contribution in [2.45, 2.75) is 65.1 Å². The largest absolute Gasteiger partial charge is 0.479 e. The minimum absolute atomic E-state index is 0.276. The molecule has 1 amide bonds. The molecule has 0 unspecified atom stereocenters. The van der Waals surface area contributed by atoms with Crippen molar-refractivity contribution >= 4 is 12.1 Å². The number of amides is 1. The van der Waals surface area contributed by atoms with Crippen LogP contribution in [0.4, 0.5) is 4.79 Å². The molecule has 0 spiro atoms. The third-order valence-corrected chi connectivity index (χ3v) is 3.87. The number of hydrogen-bond donors (Lipinski definition) is 1. The first-order valence-corrected chi connectivity index (χ1v) is 8.77. The lowest BCUT2D eigenvalue weighted by molar-refractivity contribution is -0.147. The van der Waals surface area contributed by atoms with E-state index in [1.165, 1.54) is 7.11 Å². The molecule has 1 atom stereocenters. The Morgan fingerprint density at radius 1 is 1.12 bits per heavy atom. The van der Waals surface area contributed by atoms with Crippen molar-refractivity contribution in [3.8, 4) is 5.75 Å². The average molecular weight is 365 g/mol. The average Bonchev–Trinajstić information content (AvgIpc) is 2.52. The second-order valence-electron chi connectivity index (χ2n) is 7.84. The summed E-state index contributed by atoms with van der Waals surface area (Å²) in [6, 6.07) is 7.58. The second-order valence-corrected chi connectivity index (χ2v) is 7.84. The highest BCUT2D eigenvalue weighted by Gasteiger charge is 2.26. The Kier molecular flexibility index (Phi) is 7.48. The number of benzene rings is 1. The Labute approximate surface area is 156 Å². The second kappa shape index (κ2) is 8.92. The van der Waals surface area contributed by atoms with Crippen LogP contribution in [0.25, 0.3) is 0 Å². The van der Waals surface area contributed by atoms with Crippen LogP contribution in [0, 0.1) is 0 Å². The summed E-state index contributed by atoms with van der Waals surface area (Å²) in [5.74, 6) is 0.205. The molecule has 0 aliphatic heterocycles. The molecule has 146 valence electrons. The Morgan fingerprint density at radius 3 is 2.31 bits per heavy atom. The van der Waals surface area contributed by atoms with Crippen molar-refractivity contribution in [3.63, 3.8) is 0 Å². The summed E-state index contributed by atoms with van der Waals surface area (Å²) in [6.45, 7) is 11.7. The van der Waals surface area contributed by atoms with Gasteiger partial charge in [0.25, 0.3) is 0 Å². The van der Waals surface area contributed by atoms with E-state index >= 15 is 0 Å². The van der Waals surface area contributed by atoms with E-state index in [0.717, 1.165) is 5.56 Å². The predicted molar refractivity (Wildman–Crippen MR) is 100 cm³/mol. The zero-order valence-corrected chi connectivity index (χ0v) is 16.8. The fourth-order valence-electron chi connectivity index (χ4n) is 2.46. The van der Waals surface area contributed by atoms with E-state index in [0.29, 0.717) is 18.7 Å². The van der Waals surface area contributed by atoms with Crippen LogP contribution in [0.1, 0.15) is 53.5 Å². The van der Waals surface area contributed by atoms with Crippen LogP contribution in [-0.4, -0.2) is 37.4 Å². The van der Waals surface area contributed by atoms with Gasteiger partial charge in [-0.1, -0.05) is 32.0 Å². The van der Waals surface area contributed by atoms with E-state index in [1.54, 1.807) is 6.92 Å². The minimum atomic E-state index is -0.697. The highest BCUT2D eigenvalue weighted by molar-refractivity contribution is 5.74. The fraction of sp³-hybridized carbons (Fsp3) is 0.600. The third-order valence-electron chi connectivity index (χ3n) is 3.87. The van der Waals surface area contributed by atoms with E-state index in [9.17, 15) is 9.59 Å². The summed E-state index contributed by atoms with van der Waals surface area (Å²) in [7, 11) is 1.33. The van der Waals surface area contributed by atoms with Gasteiger partial charge in [0, 0.05) is 6.54 Å². The summed E-state index contributed by atoms with van der Waals surface area (Å²) in [4.78, 5) is 23.4. The molecule has 6 nitrogen and oxygen atoms in total. The predicted octanol–water partition coefficient (Wildman–Crippen LogP) is 3.82. The van der Waals surface area contributed by atoms with Crippen LogP contribution in [0.2, 0.25) is 0 Å². The maximum absolute atomic E-state index is 11.8. The molecular formula is C20H31NO5. The highest BCUT2D eigenvalue weighted by atomic mass is 16.6. The van der Waals surface area contributed by atoms with E-state index in [-0.39, 0.29) is 5.41 Å². The summed E-state index contributed by atoms with van der Waals surface area (Å²) in [5.41, 5.74) is 0.160. The number of hydrogen-bond acceptors (Lipinski definition) is 5. The first kappa shape index (κ1) is 21.8. The van der Waals surface area contributed by atoms with Crippen molar-refractivity contribution in [1.82, 2.24) is 5.32 Å². The molecular weight excluding hydrogens is 334 g/mol. The Balaban J connectivity index is 2.77. The number of nitrogens with one attached hydrogen (secondary N) is 1. The number of methoxy groups -OCH3 is 1. The number of carbonyl (C=O) groups is 2. The molecule has 0 bridgehead atoms. The van der Waals surface area contributed by atoms with Crippen molar-refractivity contribution in [1.29, 1.82) is 0 Å².